The van der Waals surface area contributed by atoms with Crippen molar-refractivity contribution in [1.29, 1.82) is 0 Å². The predicted octanol–water partition coefficient (Wildman–Crippen LogP) is 0.912. The zero-order valence-electron chi connectivity index (χ0n) is 8.77. The fraction of sp³-hybridized carbons (Fsp3) is 0.600. The normalized spacial score (nSPS) is 20.9. The number of halogens is 1. The maximum Gasteiger partial charge on any atom is 0.225 e. The summed E-state index contributed by atoms with van der Waals surface area (Å²) >= 11 is 5.78. The topological polar surface area (TPSA) is 64.2 Å². The van der Waals surface area contributed by atoms with Gasteiger partial charge in [-0.15, -0.1) is 0 Å². The zero-order valence-corrected chi connectivity index (χ0v) is 9.52. The number of hydrogen-bond acceptors (Lipinski definition) is 3. The molecule has 5 nitrogen and oxygen atoms in total. The van der Waals surface area contributed by atoms with Crippen molar-refractivity contribution >= 4 is 23.2 Å². The number of hydrogen-bond donors (Lipinski definition) is 1. The van der Waals surface area contributed by atoms with Gasteiger partial charge >= 0.3 is 0 Å². The van der Waals surface area contributed by atoms with Crippen molar-refractivity contribution in [3.8, 4) is 0 Å². The third-order valence-electron chi connectivity index (χ3n) is 3.19. The van der Waals surface area contributed by atoms with Crippen LogP contribution < -0.4 is 5.73 Å². The highest BCUT2D eigenvalue weighted by Crippen LogP contribution is 2.34. The van der Waals surface area contributed by atoms with Gasteiger partial charge in [-0.1, -0.05) is 11.6 Å². The minimum absolute atomic E-state index is 0.234. The second-order valence-corrected chi connectivity index (χ2v) is 4.88. The molecule has 1 aliphatic carbocycles. The molecule has 6 heteroatoms. The maximum atomic E-state index is 11.7. The Morgan fingerprint density at radius 1 is 1.50 bits per heavy atom. The van der Waals surface area contributed by atoms with E-state index in [1.54, 1.807) is 10.9 Å². The smallest absolute Gasteiger partial charge is 0.225 e. The summed E-state index contributed by atoms with van der Waals surface area (Å²) in [5.41, 5.74) is 6.11. The first-order valence-electron chi connectivity index (χ1n) is 5.44. The maximum absolute atomic E-state index is 11.7. The van der Waals surface area contributed by atoms with Crippen molar-refractivity contribution in [1.82, 2.24) is 14.7 Å². The van der Waals surface area contributed by atoms with Gasteiger partial charge in [0.15, 0.2) is 5.15 Å². The molecule has 2 N–H and O–H groups in total. The van der Waals surface area contributed by atoms with Crippen LogP contribution in [0.5, 0.6) is 0 Å². The van der Waals surface area contributed by atoms with Gasteiger partial charge in [0, 0.05) is 25.2 Å². The third-order valence-corrected chi connectivity index (χ3v) is 3.48. The molecule has 1 amide bonds. The summed E-state index contributed by atoms with van der Waals surface area (Å²) in [6.45, 7) is 1.46. The summed E-state index contributed by atoms with van der Waals surface area (Å²) in [5, 5.41) is 4.45. The molecule has 2 fully saturated rings. The molecule has 3 rings (SSSR count). The van der Waals surface area contributed by atoms with E-state index in [-0.39, 0.29) is 6.04 Å². The van der Waals surface area contributed by atoms with Gasteiger partial charge in [-0.05, 0) is 12.8 Å². The van der Waals surface area contributed by atoms with Gasteiger partial charge in [0.2, 0.25) is 5.91 Å². The first-order valence-corrected chi connectivity index (χ1v) is 5.82. The number of nitrogens with zero attached hydrogens (tertiary/aromatic N) is 3. The number of likely N-dealkylation sites (tertiary alicyclic amines) is 1. The molecule has 0 unspecified atom stereocenters. The monoisotopic (exact) mass is 240 g/mol. The van der Waals surface area contributed by atoms with Gasteiger partial charge in [-0.2, -0.15) is 5.10 Å². The fourth-order valence-corrected chi connectivity index (χ4v) is 2.10. The van der Waals surface area contributed by atoms with Crippen LogP contribution in [0.1, 0.15) is 18.9 Å². The molecule has 1 aromatic heterocycles. The minimum atomic E-state index is 0.234. The summed E-state index contributed by atoms with van der Waals surface area (Å²) in [6, 6.07) is 0.234. The van der Waals surface area contributed by atoms with E-state index in [2.05, 4.69) is 5.10 Å². The molecule has 2 heterocycles. The highest BCUT2D eigenvalue weighted by Gasteiger charge is 2.40. The van der Waals surface area contributed by atoms with Gasteiger partial charge in [0.05, 0.1) is 11.7 Å². The summed E-state index contributed by atoms with van der Waals surface area (Å²) in [5.74, 6) is 0.592. The highest BCUT2D eigenvalue weighted by atomic mass is 35.5. The van der Waals surface area contributed by atoms with E-state index in [0.29, 0.717) is 22.7 Å². The molecule has 0 atom stereocenters. The van der Waals surface area contributed by atoms with E-state index in [1.165, 1.54) is 0 Å². The largest absolute Gasteiger partial charge is 0.395 e. The van der Waals surface area contributed by atoms with Gasteiger partial charge in [-0.25, -0.2) is 0 Å². The van der Waals surface area contributed by atoms with Crippen LogP contribution in [0.3, 0.4) is 0 Å². The summed E-state index contributed by atoms with van der Waals surface area (Å²) < 4.78 is 1.76. The molecule has 1 saturated heterocycles. The number of aromatic nitrogens is 2. The zero-order chi connectivity index (χ0) is 11.3. The summed E-state index contributed by atoms with van der Waals surface area (Å²) in [6.07, 6.45) is 3.84. The van der Waals surface area contributed by atoms with Gasteiger partial charge in [0.25, 0.3) is 0 Å². The van der Waals surface area contributed by atoms with E-state index < -0.39 is 0 Å². The molecule has 0 spiro atoms. The van der Waals surface area contributed by atoms with Gasteiger partial charge in [-0.3, -0.25) is 9.48 Å². The van der Waals surface area contributed by atoms with E-state index in [9.17, 15) is 4.79 Å². The van der Waals surface area contributed by atoms with Crippen LogP contribution in [-0.4, -0.2) is 33.7 Å². The van der Waals surface area contributed by atoms with Crippen molar-refractivity contribution in [2.24, 2.45) is 5.92 Å². The summed E-state index contributed by atoms with van der Waals surface area (Å²) in [7, 11) is 0. The lowest BCUT2D eigenvalue weighted by Crippen LogP contribution is -2.51. The first kappa shape index (κ1) is 9.96. The Kier molecular flexibility index (Phi) is 2.10. The predicted molar refractivity (Wildman–Crippen MR) is 60.0 cm³/mol. The van der Waals surface area contributed by atoms with Crippen LogP contribution in [0.4, 0.5) is 5.69 Å². The Labute approximate surface area is 98.1 Å². The number of nitrogens with two attached hydrogens (primary N) is 1. The molecule has 0 radical (unpaired) electrons. The average Bonchev–Trinajstić information content (AvgIpc) is 2.93. The quantitative estimate of drug-likeness (QED) is 0.836. The average molecular weight is 241 g/mol. The van der Waals surface area contributed by atoms with E-state index in [1.807, 2.05) is 4.90 Å². The standard InChI is InChI=1S/C10H13ClN4O/c11-9-8(12)5-15(13-9)7-3-14(4-7)10(16)6-1-2-6/h5-7H,1-4,12H2. The number of anilines is 1. The highest BCUT2D eigenvalue weighted by molar-refractivity contribution is 6.31. The van der Waals surface area contributed by atoms with E-state index >= 15 is 0 Å². The van der Waals surface area contributed by atoms with Crippen LogP contribution >= 0.6 is 11.6 Å². The Bertz CT molecular complexity index is 415. The number of rotatable bonds is 2. The van der Waals surface area contributed by atoms with E-state index in [4.69, 9.17) is 17.3 Å². The number of carbonyl (C=O) groups is 1. The van der Waals surface area contributed by atoms with Crippen molar-refractivity contribution < 1.29 is 4.79 Å². The number of carbonyl (C=O) groups excluding carboxylic acids is 1. The van der Waals surface area contributed by atoms with Crippen LogP contribution in [0.15, 0.2) is 6.20 Å². The molecule has 86 valence electrons. The van der Waals surface area contributed by atoms with Crippen LogP contribution in [0, 0.1) is 5.92 Å². The molecule has 16 heavy (non-hydrogen) atoms. The van der Waals surface area contributed by atoms with Crippen molar-refractivity contribution in [3.63, 3.8) is 0 Å². The molecule has 0 bridgehead atoms. The SMILES string of the molecule is Nc1cn(C2CN(C(=O)C3CC3)C2)nc1Cl. The van der Waals surface area contributed by atoms with Gasteiger partial charge < -0.3 is 10.6 Å². The molecule has 1 aromatic rings. The molecular formula is C10H13ClN4O. The molecule has 1 saturated carbocycles. The van der Waals surface area contributed by atoms with Crippen molar-refractivity contribution in [2.75, 3.05) is 18.8 Å². The summed E-state index contributed by atoms with van der Waals surface area (Å²) in [4.78, 5) is 13.6. The lowest BCUT2D eigenvalue weighted by atomic mass is 10.1. The van der Waals surface area contributed by atoms with E-state index in [0.717, 1.165) is 25.9 Å². The molecular weight excluding hydrogens is 228 g/mol. The Hall–Kier alpha value is -1.23. The third kappa shape index (κ3) is 1.55. The Morgan fingerprint density at radius 3 is 2.69 bits per heavy atom. The minimum Gasteiger partial charge on any atom is -0.395 e. The first-order chi connectivity index (χ1) is 7.65. The second kappa shape index (κ2) is 3.38. The number of amides is 1. The Morgan fingerprint density at radius 2 is 2.19 bits per heavy atom. The lowest BCUT2D eigenvalue weighted by Gasteiger charge is -2.39. The second-order valence-electron chi connectivity index (χ2n) is 4.53. The number of nitrogen functional groups attached to an aromatic ring is 1. The van der Waals surface area contributed by atoms with Crippen LogP contribution in [0.2, 0.25) is 5.15 Å². The van der Waals surface area contributed by atoms with Crippen molar-refractivity contribution in [2.45, 2.75) is 18.9 Å². The van der Waals surface area contributed by atoms with Crippen molar-refractivity contribution in [3.05, 3.63) is 11.3 Å². The van der Waals surface area contributed by atoms with Crippen LogP contribution in [-0.2, 0) is 4.79 Å². The van der Waals surface area contributed by atoms with Crippen LogP contribution in [0.25, 0.3) is 0 Å². The molecule has 0 aromatic carbocycles. The lowest BCUT2D eigenvalue weighted by molar-refractivity contribution is -0.138. The Balaban J connectivity index is 1.62. The molecule has 2 aliphatic rings. The van der Waals surface area contributed by atoms with Gasteiger partial charge in [0.1, 0.15) is 0 Å². The fourth-order valence-electron chi connectivity index (χ4n) is 1.96. The molecule has 1 aliphatic heterocycles.